The van der Waals surface area contributed by atoms with Crippen molar-refractivity contribution in [1.29, 1.82) is 0 Å². The highest BCUT2D eigenvalue weighted by Gasteiger charge is 2.43. The van der Waals surface area contributed by atoms with Gasteiger partial charge in [-0.3, -0.25) is 4.79 Å². The number of methoxy groups -OCH3 is 1. The van der Waals surface area contributed by atoms with Gasteiger partial charge < -0.3 is 4.74 Å². The van der Waals surface area contributed by atoms with E-state index in [2.05, 4.69) is 12.2 Å². The molecule has 1 fully saturated rings. The maximum Gasteiger partial charge on any atom is 0.162 e. The number of ketones is 1. The maximum atomic E-state index is 11.1. The number of allylic oxidation sites excluding steroid dienone is 1. The van der Waals surface area contributed by atoms with Crippen LogP contribution in [0.15, 0.2) is 12.2 Å². The summed E-state index contributed by atoms with van der Waals surface area (Å²) in [7, 11) is 1.61. The lowest BCUT2D eigenvalue weighted by molar-refractivity contribution is -0.126. The number of rotatable bonds is 1. The molecule has 0 aliphatic heterocycles. The quantitative estimate of drug-likeness (QED) is 0.500. The molecule has 0 N–H and O–H groups in total. The third-order valence-corrected chi connectivity index (χ3v) is 2.43. The second kappa shape index (κ2) is 1.92. The largest absolute Gasteiger partial charge is 0.373 e. The molecule has 0 saturated heterocycles. The molecule has 2 rings (SSSR count). The molecular formula is C8H10O2. The standard InChI is InChI=1S/C8H10O2/c1-10-8-6-3-2-5(6)4-7(8)9/h2-3,5-6,8H,4H2,1H3. The van der Waals surface area contributed by atoms with E-state index in [-0.39, 0.29) is 11.9 Å². The Morgan fingerprint density at radius 2 is 2.40 bits per heavy atom. The first-order valence-electron chi connectivity index (χ1n) is 3.57. The minimum absolute atomic E-state index is 0.130. The summed E-state index contributed by atoms with van der Waals surface area (Å²) >= 11 is 0. The molecule has 0 bridgehead atoms. The maximum absolute atomic E-state index is 11.1. The highest BCUT2D eigenvalue weighted by atomic mass is 16.5. The van der Waals surface area contributed by atoms with Crippen molar-refractivity contribution >= 4 is 5.78 Å². The molecule has 0 aromatic rings. The second-order valence-corrected chi connectivity index (χ2v) is 2.95. The number of fused-ring (bicyclic) bond motifs is 1. The van der Waals surface area contributed by atoms with Crippen molar-refractivity contribution in [2.45, 2.75) is 12.5 Å². The van der Waals surface area contributed by atoms with Crippen LogP contribution >= 0.6 is 0 Å². The zero-order chi connectivity index (χ0) is 7.14. The fourth-order valence-corrected chi connectivity index (χ4v) is 1.78. The molecule has 0 heterocycles. The molecule has 2 aliphatic carbocycles. The molecule has 2 aliphatic rings. The van der Waals surface area contributed by atoms with Crippen LogP contribution in [0.1, 0.15) is 6.42 Å². The van der Waals surface area contributed by atoms with Crippen LogP contribution in [0.3, 0.4) is 0 Å². The van der Waals surface area contributed by atoms with Crippen molar-refractivity contribution in [3.8, 4) is 0 Å². The van der Waals surface area contributed by atoms with Gasteiger partial charge in [-0.2, -0.15) is 0 Å². The van der Waals surface area contributed by atoms with Gasteiger partial charge in [0.1, 0.15) is 6.10 Å². The minimum atomic E-state index is -0.130. The molecule has 3 atom stereocenters. The van der Waals surface area contributed by atoms with Gasteiger partial charge in [-0.05, 0) is 5.92 Å². The third kappa shape index (κ3) is 0.598. The van der Waals surface area contributed by atoms with E-state index in [0.717, 1.165) is 0 Å². The fourth-order valence-electron chi connectivity index (χ4n) is 1.78. The summed E-state index contributed by atoms with van der Waals surface area (Å²) in [5, 5.41) is 0. The summed E-state index contributed by atoms with van der Waals surface area (Å²) in [5.41, 5.74) is 0. The highest BCUT2D eigenvalue weighted by molar-refractivity contribution is 5.87. The lowest BCUT2D eigenvalue weighted by atomic mass is 9.84. The molecule has 2 heteroatoms. The van der Waals surface area contributed by atoms with E-state index in [9.17, 15) is 4.79 Å². The van der Waals surface area contributed by atoms with E-state index in [4.69, 9.17) is 4.74 Å². The Labute approximate surface area is 59.9 Å². The normalized spacial score (nSPS) is 43.3. The van der Waals surface area contributed by atoms with Crippen molar-refractivity contribution < 1.29 is 9.53 Å². The van der Waals surface area contributed by atoms with Crippen LogP contribution in [-0.2, 0) is 9.53 Å². The van der Waals surface area contributed by atoms with Crippen LogP contribution in [0, 0.1) is 11.8 Å². The van der Waals surface area contributed by atoms with Gasteiger partial charge in [-0.15, -0.1) is 0 Å². The van der Waals surface area contributed by atoms with E-state index in [1.54, 1.807) is 7.11 Å². The number of hydrogen-bond donors (Lipinski definition) is 0. The summed E-state index contributed by atoms with van der Waals surface area (Å²) < 4.78 is 5.06. The number of Topliss-reactive ketones (excluding diaryl/α,β-unsaturated/α-hetero) is 1. The predicted octanol–water partition coefficient (Wildman–Crippen LogP) is 0.776. The SMILES string of the molecule is COC1C(=O)CC2C=CC21. The summed E-state index contributed by atoms with van der Waals surface area (Å²) in [5.74, 6) is 1.16. The second-order valence-electron chi connectivity index (χ2n) is 2.95. The molecule has 0 spiro atoms. The minimum Gasteiger partial charge on any atom is -0.373 e. The van der Waals surface area contributed by atoms with Crippen LogP contribution in [0.25, 0.3) is 0 Å². The third-order valence-electron chi connectivity index (χ3n) is 2.43. The van der Waals surface area contributed by atoms with Gasteiger partial charge in [-0.25, -0.2) is 0 Å². The topological polar surface area (TPSA) is 26.3 Å². The lowest BCUT2D eigenvalue weighted by Gasteiger charge is -2.23. The van der Waals surface area contributed by atoms with Gasteiger partial charge in [0.2, 0.25) is 0 Å². The highest BCUT2D eigenvalue weighted by Crippen LogP contribution is 2.39. The van der Waals surface area contributed by atoms with Gasteiger partial charge in [0, 0.05) is 19.4 Å². The van der Waals surface area contributed by atoms with Gasteiger partial charge in [0.05, 0.1) is 0 Å². The van der Waals surface area contributed by atoms with E-state index in [1.807, 2.05) is 0 Å². The molecule has 3 unspecified atom stereocenters. The zero-order valence-corrected chi connectivity index (χ0v) is 5.91. The number of ether oxygens (including phenoxy) is 1. The Hall–Kier alpha value is -0.630. The van der Waals surface area contributed by atoms with Crippen molar-refractivity contribution in [2.75, 3.05) is 7.11 Å². The molecule has 10 heavy (non-hydrogen) atoms. The number of hydrogen-bond acceptors (Lipinski definition) is 2. The number of carbonyl (C=O) groups excluding carboxylic acids is 1. The van der Waals surface area contributed by atoms with E-state index in [0.29, 0.717) is 18.3 Å². The first-order valence-corrected chi connectivity index (χ1v) is 3.57. The van der Waals surface area contributed by atoms with Gasteiger partial charge in [0.15, 0.2) is 5.78 Å². The Kier molecular flexibility index (Phi) is 1.17. The van der Waals surface area contributed by atoms with Crippen molar-refractivity contribution in [3.05, 3.63) is 12.2 Å². The molecule has 0 aromatic carbocycles. The van der Waals surface area contributed by atoms with Crippen molar-refractivity contribution in [3.63, 3.8) is 0 Å². The summed E-state index contributed by atoms with van der Waals surface area (Å²) in [6.07, 6.45) is 4.74. The first kappa shape index (κ1) is 6.10. The summed E-state index contributed by atoms with van der Waals surface area (Å²) in [6, 6.07) is 0. The van der Waals surface area contributed by atoms with Crippen molar-refractivity contribution in [1.82, 2.24) is 0 Å². The van der Waals surface area contributed by atoms with Gasteiger partial charge in [0.25, 0.3) is 0 Å². The average molecular weight is 138 g/mol. The zero-order valence-electron chi connectivity index (χ0n) is 5.91. The Balaban J connectivity index is 2.18. The molecular weight excluding hydrogens is 128 g/mol. The Morgan fingerprint density at radius 3 is 2.70 bits per heavy atom. The Morgan fingerprint density at radius 1 is 1.60 bits per heavy atom. The monoisotopic (exact) mass is 138 g/mol. The molecule has 1 saturated carbocycles. The fraction of sp³-hybridized carbons (Fsp3) is 0.625. The predicted molar refractivity (Wildman–Crippen MR) is 36.5 cm³/mol. The van der Waals surface area contributed by atoms with Gasteiger partial charge >= 0.3 is 0 Å². The van der Waals surface area contributed by atoms with Crippen LogP contribution in [-0.4, -0.2) is 19.0 Å². The molecule has 0 radical (unpaired) electrons. The Bertz CT molecular complexity index is 195. The van der Waals surface area contributed by atoms with Crippen LogP contribution in [0.5, 0.6) is 0 Å². The summed E-state index contributed by atoms with van der Waals surface area (Å²) in [4.78, 5) is 11.1. The van der Waals surface area contributed by atoms with Gasteiger partial charge in [-0.1, -0.05) is 12.2 Å². The molecule has 0 amide bonds. The van der Waals surface area contributed by atoms with E-state index < -0.39 is 0 Å². The lowest BCUT2D eigenvalue weighted by Crippen LogP contribution is -2.26. The van der Waals surface area contributed by atoms with E-state index >= 15 is 0 Å². The molecule has 54 valence electrons. The van der Waals surface area contributed by atoms with Crippen LogP contribution in [0.4, 0.5) is 0 Å². The smallest absolute Gasteiger partial charge is 0.162 e. The summed E-state index contributed by atoms with van der Waals surface area (Å²) in [6.45, 7) is 0. The average Bonchev–Trinajstić information content (AvgIpc) is 2.09. The van der Waals surface area contributed by atoms with E-state index in [1.165, 1.54) is 0 Å². The molecule has 0 aromatic heterocycles. The van der Waals surface area contributed by atoms with Crippen LogP contribution < -0.4 is 0 Å². The van der Waals surface area contributed by atoms with Crippen molar-refractivity contribution in [2.24, 2.45) is 11.8 Å². The van der Waals surface area contributed by atoms with Crippen LogP contribution in [0.2, 0.25) is 0 Å². The molecule has 2 nitrogen and oxygen atoms in total. The number of carbonyl (C=O) groups is 1. The first-order chi connectivity index (χ1) is 4.83.